The second-order valence-electron chi connectivity index (χ2n) is 3.39. The van der Waals surface area contributed by atoms with Crippen molar-refractivity contribution in [3.8, 4) is 11.8 Å². The van der Waals surface area contributed by atoms with E-state index >= 15 is 0 Å². The minimum Gasteiger partial charge on any atom is -0.508 e. The average molecular weight is 235 g/mol. The van der Waals surface area contributed by atoms with Crippen LogP contribution in [-0.2, 0) is 16.0 Å². The molecule has 1 rings (SSSR count). The van der Waals surface area contributed by atoms with Gasteiger partial charge >= 0.3 is 11.9 Å². The molecule has 0 saturated heterocycles. The SMILES string of the molecule is N#Cc1cc(O)ccc1CC(C(=O)O)C(=O)O. The third kappa shape index (κ3) is 2.95. The molecule has 88 valence electrons. The van der Waals surface area contributed by atoms with Crippen molar-refractivity contribution in [2.24, 2.45) is 5.92 Å². The maximum atomic E-state index is 10.7. The number of rotatable bonds is 4. The molecule has 0 fully saturated rings. The van der Waals surface area contributed by atoms with Gasteiger partial charge in [0.2, 0.25) is 0 Å². The standard InChI is InChI=1S/C11H9NO5/c12-5-7-3-8(13)2-1-6(7)4-9(10(14)15)11(16)17/h1-3,9,13H,4H2,(H,14,15)(H,16,17). The number of aromatic hydroxyl groups is 1. The molecule has 6 nitrogen and oxygen atoms in total. The van der Waals surface area contributed by atoms with Gasteiger partial charge in [0.1, 0.15) is 5.75 Å². The van der Waals surface area contributed by atoms with Crippen LogP contribution >= 0.6 is 0 Å². The van der Waals surface area contributed by atoms with Gasteiger partial charge in [-0.1, -0.05) is 6.07 Å². The second-order valence-corrected chi connectivity index (χ2v) is 3.39. The number of carboxylic acids is 2. The van der Waals surface area contributed by atoms with Crippen LogP contribution < -0.4 is 0 Å². The Morgan fingerprint density at radius 3 is 2.35 bits per heavy atom. The predicted molar refractivity (Wildman–Crippen MR) is 55.3 cm³/mol. The van der Waals surface area contributed by atoms with Crippen molar-refractivity contribution < 1.29 is 24.9 Å². The number of carboxylic acid groups (broad SMARTS) is 2. The van der Waals surface area contributed by atoms with E-state index in [1.807, 2.05) is 0 Å². The quantitative estimate of drug-likeness (QED) is 0.657. The Kier molecular flexibility index (Phi) is 3.67. The molecule has 1 aromatic rings. The third-order valence-corrected chi connectivity index (χ3v) is 2.23. The summed E-state index contributed by atoms with van der Waals surface area (Å²) < 4.78 is 0. The van der Waals surface area contributed by atoms with Crippen molar-refractivity contribution >= 4 is 11.9 Å². The summed E-state index contributed by atoms with van der Waals surface area (Å²) in [6.45, 7) is 0. The number of nitriles is 1. The Bertz CT molecular complexity index is 489. The van der Waals surface area contributed by atoms with Gasteiger partial charge in [-0.15, -0.1) is 0 Å². The fourth-order valence-electron chi connectivity index (χ4n) is 1.35. The van der Waals surface area contributed by atoms with E-state index in [-0.39, 0.29) is 23.3 Å². The smallest absolute Gasteiger partial charge is 0.318 e. The minimum atomic E-state index is -1.60. The van der Waals surface area contributed by atoms with Crippen LogP contribution in [0.3, 0.4) is 0 Å². The lowest BCUT2D eigenvalue weighted by atomic mass is 9.96. The van der Waals surface area contributed by atoms with Gasteiger partial charge in [0, 0.05) is 0 Å². The predicted octanol–water partition coefficient (Wildman–Crippen LogP) is 0.592. The summed E-state index contributed by atoms with van der Waals surface area (Å²) in [6.07, 6.45) is -0.298. The van der Waals surface area contributed by atoms with E-state index < -0.39 is 17.9 Å². The fourth-order valence-corrected chi connectivity index (χ4v) is 1.35. The summed E-state index contributed by atoms with van der Waals surface area (Å²) in [5.41, 5.74) is 0.345. The zero-order valence-electron chi connectivity index (χ0n) is 8.62. The number of phenolic OH excluding ortho intramolecular Hbond substituents is 1. The van der Waals surface area contributed by atoms with Gasteiger partial charge in [-0.25, -0.2) is 0 Å². The molecule has 0 bridgehead atoms. The Labute approximate surface area is 96.4 Å². The number of aliphatic carboxylic acids is 2. The molecule has 3 N–H and O–H groups in total. The Morgan fingerprint density at radius 1 is 1.29 bits per heavy atom. The van der Waals surface area contributed by atoms with Crippen molar-refractivity contribution in [3.05, 3.63) is 29.3 Å². The first-order chi connectivity index (χ1) is 7.95. The van der Waals surface area contributed by atoms with E-state index in [4.69, 9.17) is 20.6 Å². The molecule has 1 aromatic carbocycles. The molecule has 17 heavy (non-hydrogen) atoms. The van der Waals surface area contributed by atoms with E-state index in [0.29, 0.717) is 0 Å². The van der Waals surface area contributed by atoms with Gasteiger partial charge in [-0.2, -0.15) is 5.26 Å². The molecular weight excluding hydrogens is 226 g/mol. The van der Waals surface area contributed by atoms with Crippen LogP contribution in [0.2, 0.25) is 0 Å². The Morgan fingerprint density at radius 2 is 1.88 bits per heavy atom. The maximum absolute atomic E-state index is 10.7. The Balaban J connectivity index is 3.06. The van der Waals surface area contributed by atoms with Gasteiger partial charge in [-0.05, 0) is 24.1 Å². The first-order valence-corrected chi connectivity index (χ1v) is 4.63. The second kappa shape index (κ2) is 4.99. The van der Waals surface area contributed by atoms with Gasteiger partial charge in [0.25, 0.3) is 0 Å². The van der Waals surface area contributed by atoms with Crippen molar-refractivity contribution in [3.63, 3.8) is 0 Å². The highest BCUT2D eigenvalue weighted by atomic mass is 16.4. The topological polar surface area (TPSA) is 119 Å². The van der Waals surface area contributed by atoms with Gasteiger partial charge in [0.15, 0.2) is 5.92 Å². The highest BCUT2D eigenvalue weighted by Crippen LogP contribution is 2.19. The first-order valence-electron chi connectivity index (χ1n) is 4.63. The van der Waals surface area contributed by atoms with Crippen molar-refractivity contribution in [2.45, 2.75) is 6.42 Å². The van der Waals surface area contributed by atoms with Gasteiger partial charge < -0.3 is 15.3 Å². The summed E-state index contributed by atoms with van der Waals surface area (Å²) in [4.78, 5) is 21.4. The number of phenols is 1. The zero-order valence-corrected chi connectivity index (χ0v) is 8.62. The number of hydrogen-bond donors (Lipinski definition) is 3. The maximum Gasteiger partial charge on any atom is 0.318 e. The molecule has 0 atom stereocenters. The van der Waals surface area contributed by atoms with Crippen LogP contribution in [0, 0.1) is 17.2 Å². The average Bonchev–Trinajstić information content (AvgIpc) is 2.26. The molecule has 0 amide bonds. The number of hydrogen-bond acceptors (Lipinski definition) is 4. The lowest BCUT2D eigenvalue weighted by molar-refractivity contribution is -0.154. The van der Waals surface area contributed by atoms with Crippen molar-refractivity contribution in [2.75, 3.05) is 0 Å². The molecule has 0 saturated carbocycles. The van der Waals surface area contributed by atoms with Crippen LogP contribution in [0.1, 0.15) is 11.1 Å². The molecule has 0 aliphatic rings. The lowest BCUT2D eigenvalue weighted by Gasteiger charge is -2.08. The van der Waals surface area contributed by atoms with Gasteiger partial charge in [0.05, 0.1) is 11.6 Å². The Hall–Kier alpha value is -2.55. The third-order valence-electron chi connectivity index (χ3n) is 2.23. The molecule has 0 heterocycles. The zero-order chi connectivity index (χ0) is 13.0. The van der Waals surface area contributed by atoms with E-state index in [1.54, 1.807) is 6.07 Å². The summed E-state index contributed by atoms with van der Waals surface area (Å²) in [7, 11) is 0. The van der Waals surface area contributed by atoms with E-state index in [9.17, 15) is 9.59 Å². The van der Waals surface area contributed by atoms with Crippen LogP contribution in [0.4, 0.5) is 0 Å². The molecule has 0 aliphatic heterocycles. The van der Waals surface area contributed by atoms with Crippen LogP contribution in [-0.4, -0.2) is 27.3 Å². The van der Waals surface area contributed by atoms with Crippen LogP contribution in [0.5, 0.6) is 5.75 Å². The monoisotopic (exact) mass is 235 g/mol. The van der Waals surface area contributed by atoms with Crippen LogP contribution in [0.25, 0.3) is 0 Å². The molecule has 0 aliphatic carbocycles. The summed E-state index contributed by atoms with van der Waals surface area (Å²) >= 11 is 0. The van der Waals surface area contributed by atoms with Crippen molar-refractivity contribution in [1.82, 2.24) is 0 Å². The van der Waals surface area contributed by atoms with E-state index in [2.05, 4.69) is 0 Å². The summed E-state index contributed by atoms with van der Waals surface area (Å²) in [5.74, 6) is -4.66. The highest BCUT2D eigenvalue weighted by Gasteiger charge is 2.26. The molecule has 0 aromatic heterocycles. The normalized spacial score (nSPS) is 9.88. The molecular formula is C11H9NO5. The fraction of sp³-hybridized carbons (Fsp3) is 0.182. The summed E-state index contributed by atoms with van der Waals surface area (Å²) in [5, 5.41) is 35.3. The first kappa shape index (κ1) is 12.5. The summed E-state index contributed by atoms with van der Waals surface area (Å²) in [6, 6.07) is 5.55. The van der Waals surface area contributed by atoms with E-state index in [1.165, 1.54) is 12.1 Å². The molecule has 0 unspecified atom stereocenters. The highest BCUT2D eigenvalue weighted by molar-refractivity contribution is 5.93. The lowest BCUT2D eigenvalue weighted by Crippen LogP contribution is -2.25. The van der Waals surface area contributed by atoms with E-state index in [0.717, 1.165) is 6.07 Å². The molecule has 6 heteroatoms. The number of nitrogens with zero attached hydrogens (tertiary/aromatic N) is 1. The number of carbonyl (C=O) groups is 2. The minimum absolute atomic E-state index is 0.0671. The largest absolute Gasteiger partial charge is 0.508 e. The number of benzene rings is 1. The molecule has 0 spiro atoms. The van der Waals surface area contributed by atoms with Gasteiger partial charge in [-0.3, -0.25) is 9.59 Å². The van der Waals surface area contributed by atoms with Crippen molar-refractivity contribution in [1.29, 1.82) is 5.26 Å². The van der Waals surface area contributed by atoms with Crippen LogP contribution in [0.15, 0.2) is 18.2 Å². The molecule has 0 radical (unpaired) electrons.